The van der Waals surface area contributed by atoms with E-state index >= 15 is 0 Å². The lowest BCUT2D eigenvalue weighted by molar-refractivity contribution is -0.146. The zero-order valence-corrected chi connectivity index (χ0v) is 23.3. The number of anilines is 2. The largest absolute Gasteiger partial charge is 0.396 e. The van der Waals surface area contributed by atoms with E-state index in [1.807, 2.05) is 38.1 Å². The summed E-state index contributed by atoms with van der Waals surface area (Å²) < 4.78 is 6.75. The monoisotopic (exact) mass is 528 g/mol. The standard InChI is InChI=1S/C29H44N4O5/c1-5-17-30-25(35)22-23-27(37)33(18-9-10-19-34)24(29(23)16-15-28(22,6-2)38-29)26(36)31-20-11-13-21(14-12-20)32(7-3)8-4/h11-14,22-24,34H,5-10,15-19H2,1-4H3,(H,30,35)(H,31,36)/t22-,23+,24?,28+,29?/m1/s1. The van der Waals surface area contributed by atoms with Crippen LogP contribution in [-0.4, -0.2) is 77.8 Å². The van der Waals surface area contributed by atoms with Gasteiger partial charge in [-0.25, -0.2) is 0 Å². The molecule has 3 N–H and O–H groups in total. The zero-order chi connectivity index (χ0) is 27.5. The summed E-state index contributed by atoms with van der Waals surface area (Å²) in [4.78, 5) is 45.2. The first-order valence-corrected chi connectivity index (χ1v) is 14.4. The van der Waals surface area contributed by atoms with Crippen LogP contribution in [0.15, 0.2) is 24.3 Å². The van der Waals surface area contributed by atoms with Crippen molar-refractivity contribution in [1.82, 2.24) is 10.2 Å². The SMILES string of the molecule is CCCNC(=O)[C@H]1[C@H]2C(=O)N(CCCCO)C(C(=O)Nc3ccc(N(CC)CC)cc3)C23CC[C@]1(CC)O3. The van der Waals surface area contributed by atoms with Crippen molar-refractivity contribution >= 4 is 29.1 Å². The Hall–Kier alpha value is -2.65. The Kier molecular flexibility index (Phi) is 8.67. The Balaban J connectivity index is 1.65. The Morgan fingerprint density at radius 1 is 1.08 bits per heavy atom. The van der Waals surface area contributed by atoms with Crippen LogP contribution in [0.3, 0.4) is 0 Å². The first-order valence-electron chi connectivity index (χ1n) is 14.4. The number of hydrogen-bond donors (Lipinski definition) is 3. The van der Waals surface area contributed by atoms with E-state index in [9.17, 15) is 19.5 Å². The van der Waals surface area contributed by atoms with Crippen LogP contribution in [-0.2, 0) is 19.1 Å². The van der Waals surface area contributed by atoms with Crippen molar-refractivity contribution in [2.24, 2.45) is 11.8 Å². The molecule has 5 atom stereocenters. The number of ether oxygens (including phenoxy) is 1. The molecule has 2 bridgehead atoms. The molecular formula is C29H44N4O5. The van der Waals surface area contributed by atoms with E-state index in [-0.39, 0.29) is 24.3 Å². The summed E-state index contributed by atoms with van der Waals surface area (Å²) in [6.45, 7) is 10.9. The first kappa shape index (κ1) is 28.4. The van der Waals surface area contributed by atoms with Gasteiger partial charge in [-0.2, -0.15) is 0 Å². The number of nitrogens with zero attached hydrogens (tertiary/aromatic N) is 2. The van der Waals surface area contributed by atoms with Gasteiger partial charge < -0.3 is 30.3 Å². The van der Waals surface area contributed by atoms with E-state index in [1.165, 1.54) is 0 Å². The lowest BCUT2D eigenvalue weighted by Gasteiger charge is -2.34. The molecule has 9 heteroatoms. The van der Waals surface area contributed by atoms with Gasteiger partial charge in [0, 0.05) is 44.2 Å². The molecule has 1 spiro atoms. The molecule has 4 rings (SSSR count). The Morgan fingerprint density at radius 3 is 2.39 bits per heavy atom. The summed E-state index contributed by atoms with van der Waals surface area (Å²) in [5, 5.41) is 15.4. The fourth-order valence-electron chi connectivity index (χ4n) is 6.96. The number of carbonyl (C=O) groups excluding carboxylic acids is 3. The molecule has 3 fully saturated rings. The third-order valence-electron chi connectivity index (χ3n) is 8.83. The van der Waals surface area contributed by atoms with Gasteiger partial charge in [-0.15, -0.1) is 0 Å². The first-order chi connectivity index (χ1) is 18.3. The van der Waals surface area contributed by atoms with Crippen molar-refractivity contribution in [3.05, 3.63) is 24.3 Å². The molecule has 210 valence electrons. The Labute approximate surface area is 226 Å². The predicted molar refractivity (Wildman–Crippen MR) is 147 cm³/mol. The number of hydrogen-bond acceptors (Lipinski definition) is 6. The minimum atomic E-state index is -1.04. The Bertz CT molecular complexity index is 1010. The van der Waals surface area contributed by atoms with Gasteiger partial charge in [0.25, 0.3) is 0 Å². The fraction of sp³-hybridized carbons (Fsp3) is 0.690. The maximum absolute atomic E-state index is 14.0. The van der Waals surface area contributed by atoms with Gasteiger partial charge in [-0.05, 0) is 76.6 Å². The second-order valence-electron chi connectivity index (χ2n) is 10.8. The molecule has 9 nitrogen and oxygen atoms in total. The predicted octanol–water partition coefficient (Wildman–Crippen LogP) is 2.92. The molecule has 0 radical (unpaired) electrons. The number of aliphatic hydroxyl groups is 1. The van der Waals surface area contributed by atoms with E-state index in [0.717, 1.165) is 25.2 Å². The van der Waals surface area contributed by atoms with Crippen molar-refractivity contribution in [2.75, 3.05) is 43.0 Å². The van der Waals surface area contributed by atoms with Crippen LogP contribution in [0.2, 0.25) is 0 Å². The number of unbranched alkanes of at least 4 members (excludes halogenated alkanes) is 1. The third kappa shape index (κ3) is 4.68. The summed E-state index contributed by atoms with van der Waals surface area (Å²) in [5.74, 6) is -1.94. The van der Waals surface area contributed by atoms with E-state index in [2.05, 4.69) is 29.4 Å². The third-order valence-corrected chi connectivity index (χ3v) is 8.83. The van der Waals surface area contributed by atoms with Crippen molar-refractivity contribution in [2.45, 2.75) is 83.5 Å². The number of aliphatic hydroxyl groups excluding tert-OH is 1. The minimum Gasteiger partial charge on any atom is -0.396 e. The van der Waals surface area contributed by atoms with E-state index in [4.69, 9.17) is 4.74 Å². The molecule has 0 aliphatic carbocycles. The lowest BCUT2D eigenvalue weighted by atomic mass is 9.65. The fourth-order valence-corrected chi connectivity index (χ4v) is 6.96. The van der Waals surface area contributed by atoms with Crippen LogP contribution < -0.4 is 15.5 Å². The number of rotatable bonds is 13. The second kappa shape index (κ2) is 11.6. The summed E-state index contributed by atoms with van der Waals surface area (Å²) in [6.07, 6.45) is 3.71. The van der Waals surface area contributed by atoms with Gasteiger partial charge in [-0.3, -0.25) is 14.4 Å². The highest BCUT2D eigenvalue weighted by molar-refractivity contribution is 6.03. The van der Waals surface area contributed by atoms with Crippen molar-refractivity contribution < 1.29 is 24.2 Å². The molecule has 3 heterocycles. The number of likely N-dealkylation sites (tertiary alicyclic amines) is 1. The molecule has 1 aromatic rings. The number of carbonyl (C=O) groups is 3. The number of amides is 3. The second-order valence-corrected chi connectivity index (χ2v) is 10.8. The quantitative estimate of drug-likeness (QED) is 0.340. The zero-order valence-electron chi connectivity index (χ0n) is 23.3. The molecular weight excluding hydrogens is 484 g/mol. The van der Waals surface area contributed by atoms with Gasteiger partial charge >= 0.3 is 0 Å². The topological polar surface area (TPSA) is 111 Å². The van der Waals surface area contributed by atoms with Crippen molar-refractivity contribution in [3.63, 3.8) is 0 Å². The van der Waals surface area contributed by atoms with Crippen LogP contribution in [0.25, 0.3) is 0 Å². The molecule has 1 aromatic carbocycles. The van der Waals surface area contributed by atoms with Crippen LogP contribution in [0.1, 0.15) is 66.2 Å². The van der Waals surface area contributed by atoms with Gasteiger partial charge in [0.15, 0.2) is 0 Å². The van der Waals surface area contributed by atoms with Crippen molar-refractivity contribution in [3.8, 4) is 0 Å². The van der Waals surface area contributed by atoms with Gasteiger partial charge in [0.05, 0.1) is 17.4 Å². The number of benzene rings is 1. The normalized spacial score (nSPS) is 29.4. The minimum absolute atomic E-state index is 0.0177. The Morgan fingerprint density at radius 2 is 1.79 bits per heavy atom. The highest BCUT2D eigenvalue weighted by Gasteiger charge is 2.78. The summed E-state index contributed by atoms with van der Waals surface area (Å²) in [5.41, 5.74) is -0.0363. The van der Waals surface area contributed by atoms with Crippen LogP contribution >= 0.6 is 0 Å². The number of nitrogens with one attached hydrogen (secondary N) is 2. The summed E-state index contributed by atoms with van der Waals surface area (Å²) >= 11 is 0. The lowest BCUT2D eigenvalue weighted by Crippen LogP contribution is -2.53. The molecule has 0 saturated carbocycles. The van der Waals surface area contributed by atoms with Gasteiger partial charge in [-0.1, -0.05) is 13.8 Å². The molecule has 0 aromatic heterocycles. The highest BCUT2D eigenvalue weighted by atomic mass is 16.5. The maximum Gasteiger partial charge on any atom is 0.250 e. The molecule has 3 saturated heterocycles. The average Bonchev–Trinajstić information content (AvgIpc) is 3.52. The summed E-state index contributed by atoms with van der Waals surface area (Å²) in [6, 6.07) is 6.91. The molecule has 38 heavy (non-hydrogen) atoms. The molecule has 2 unspecified atom stereocenters. The molecule has 3 amide bonds. The van der Waals surface area contributed by atoms with Crippen LogP contribution in [0.5, 0.6) is 0 Å². The summed E-state index contributed by atoms with van der Waals surface area (Å²) in [7, 11) is 0. The van der Waals surface area contributed by atoms with Crippen LogP contribution in [0.4, 0.5) is 11.4 Å². The molecule has 3 aliphatic rings. The van der Waals surface area contributed by atoms with E-state index in [1.54, 1.807) is 4.90 Å². The van der Waals surface area contributed by atoms with Crippen molar-refractivity contribution in [1.29, 1.82) is 0 Å². The maximum atomic E-state index is 14.0. The average molecular weight is 529 g/mol. The van der Waals surface area contributed by atoms with Gasteiger partial charge in [0.1, 0.15) is 11.6 Å². The van der Waals surface area contributed by atoms with Gasteiger partial charge in [0.2, 0.25) is 17.7 Å². The number of fused-ring (bicyclic) bond motifs is 1. The highest BCUT2D eigenvalue weighted by Crippen LogP contribution is 2.64. The van der Waals surface area contributed by atoms with E-state index < -0.39 is 29.1 Å². The smallest absolute Gasteiger partial charge is 0.250 e. The van der Waals surface area contributed by atoms with E-state index in [0.29, 0.717) is 50.9 Å². The molecule has 3 aliphatic heterocycles. The van der Waals surface area contributed by atoms with Crippen LogP contribution in [0, 0.1) is 11.8 Å².